The fourth-order valence-corrected chi connectivity index (χ4v) is 2.90. The molecule has 0 amide bonds. The van der Waals surface area contributed by atoms with Gasteiger partial charge in [-0.15, -0.1) is 0 Å². The molecule has 1 aliphatic heterocycles. The van der Waals surface area contributed by atoms with E-state index in [1.165, 1.54) is 0 Å². The van der Waals surface area contributed by atoms with Crippen molar-refractivity contribution in [2.45, 2.75) is 20.5 Å². The SMILES string of the molecule is CCOc1ccc2oc(C(=O)OCc3ccc4c(c3)OCO4)c(C)c2c1. The number of benzene rings is 2. The van der Waals surface area contributed by atoms with Crippen molar-refractivity contribution in [3.05, 3.63) is 53.3 Å². The largest absolute Gasteiger partial charge is 0.494 e. The van der Waals surface area contributed by atoms with Gasteiger partial charge in [-0.2, -0.15) is 0 Å². The first-order chi connectivity index (χ1) is 12.7. The molecule has 134 valence electrons. The molecule has 0 saturated carbocycles. The maximum Gasteiger partial charge on any atom is 0.374 e. The van der Waals surface area contributed by atoms with Crippen molar-refractivity contribution >= 4 is 16.9 Å². The summed E-state index contributed by atoms with van der Waals surface area (Å²) in [5.74, 6) is 1.79. The molecule has 1 aromatic heterocycles. The van der Waals surface area contributed by atoms with Crippen molar-refractivity contribution in [2.24, 2.45) is 0 Å². The highest BCUT2D eigenvalue weighted by atomic mass is 16.7. The van der Waals surface area contributed by atoms with Gasteiger partial charge >= 0.3 is 5.97 Å². The van der Waals surface area contributed by atoms with E-state index in [2.05, 4.69) is 0 Å². The smallest absolute Gasteiger partial charge is 0.374 e. The average molecular weight is 354 g/mol. The summed E-state index contributed by atoms with van der Waals surface area (Å²) in [6, 6.07) is 10.9. The number of fused-ring (bicyclic) bond motifs is 2. The van der Waals surface area contributed by atoms with Crippen LogP contribution in [0, 0.1) is 6.92 Å². The number of hydrogen-bond donors (Lipinski definition) is 0. The van der Waals surface area contributed by atoms with Crippen molar-refractivity contribution in [2.75, 3.05) is 13.4 Å². The Labute approximate surface area is 150 Å². The summed E-state index contributed by atoms with van der Waals surface area (Å²) in [6.07, 6.45) is 0. The van der Waals surface area contributed by atoms with E-state index >= 15 is 0 Å². The highest BCUT2D eigenvalue weighted by molar-refractivity contribution is 5.96. The summed E-state index contributed by atoms with van der Waals surface area (Å²) in [5.41, 5.74) is 2.17. The first-order valence-corrected chi connectivity index (χ1v) is 8.37. The van der Waals surface area contributed by atoms with Gasteiger partial charge in [0, 0.05) is 10.9 Å². The zero-order chi connectivity index (χ0) is 18.1. The number of furan rings is 1. The molecular weight excluding hydrogens is 336 g/mol. The summed E-state index contributed by atoms with van der Waals surface area (Å²) in [6.45, 7) is 4.66. The van der Waals surface area contributed by atoms with Crippen LogP contribution < -0.4 is 14.2 Å². The van der Waals surface area contributed by atoms with Gasteiger partial charge in [-0.05, 0) is 49.7 Å². The second kappa shape index (κ2) is 6.63. The molecule has 6 nitrogen and oxygen atoms in total. The molecule has 0 radical (unpaired) electrons. The van der Waals surface area contributed by atoms with Crippen LogP contribution in [0.1, 0.15) is 28.6 Å². The van der Waals surface area contributed by atoms with Gasteiger partial charge in [0.05, 0.1) is 6.61 Å². The molecule has 0 atom stereocenters. The highest BCUT2D eigenvalue weighted by Crippen LogP contribution is 2.33. The first-order valence-electron chi connectivity index (χ1n) is 8.37. The summed E-state index contributed by atoms with van der Waals surface area (Å²) in [7, 11) is 0. The molecule has 0 bridgehead atoms. The van der Waals surface area contributed by atoms with E-state index in [1.54, 1.807) is 18.2 Å². The minimum Gasteiger partial charge on any atom is -0.494 e. The Morgan fingerprint density at radius 1 is 1.12 bits per heavy atom. The van der Waals surface area contributed by atoms with E-state index in [0.29, 0.717) is 23.7 Å². The van der Waals surface area contributed by atoms with Gasteiger partial charge in [0.1, 0.15) is 17.9 Å². The van der Waals surface area contributed by atoms with Gasteiger partial charge in [-0.1, -0.05) is 6.07 Å². The van der Waals surface area contributed by atoms with Crippen molar-refractivity contribution in [1.82, 2.24) is 0 Å². The molecule has 0 fully saturated rings. The summed E-state index contributed by atoms with van der Waals surface area (Å²) >= 11 is 0. The van der Waals surface area contributed by atoms with Crippen LogP contribution in [-0.2, 0) is 11.3 Å². The second-order valence-electron chi connectivity index (χ2n) is 5.91. The van der Waals surface area contributed by atoms with Gasteiger partial charge in [-0.25, -0.2) is 4.79 Å². The molecule has 0 spiro atoms. The summed E-state index contributed by atoms with van der Waals surface area (Å²) in [4.78, 5) is 12.4. The lowest BCUT2D eigenvalue weighted by Gasteiger charge is -2.05. The Bertz CT molecular complexity index is 972. The minimum atomic E-state index is -0.505. The number of carbonyl (C=O) groups excluding carboxylic acids is 1. The van der Waals surface area contributed by atoms with Crippen molar-refractivity contribution in [3.63, 3.8) is 0 Å². The standard InChI is InChI=1S/C20H18O6/c1-3-22-14-5-7-16-15(9-14)12(2)19(26-16)20(21)23-10-13-4-6-17-18(8-13)25-11-24-17/h4-9H,3,10-11H2,1-2H3. The second-order valence-corrected chi connectivity index (χ2v) is 5.91. The molecule has 0 unspecified atom stereocenters. The van der Waals surface area contributed by atoms with Gasteiger partial charge in [-0.3, -0.25) is 0 Å². The topological polar surface area (TPSA) is 67.1 Å². The van der Waals surface area contributed by atoms with E-state index in [4.69, 9.17) is 23.4 Å². The summed E-state index contributed by atoms with van der Waals surface area (Å²) in [5, 5.41) is 0.839. The molecule has 0 N–H and O–H groups in total. The molecule has 2 aromatic carbocycles. The van der Waals surface area contributed by atoms with Crippen LogP contribution in [-0.4, -0.2) is 19.4 Å². The average Bonchev–Trinajstić information content (AvgIpc) is 3.24. The van der Waals surface area contributed by atoms with Crippen LogP contribution >= 0.6 is 0 Å². The van der Waals surface area contributed by atoms with E-state index in [-0.39, 0.29) is 19.2 Å². The number of hydrogen-bond acceptors (Lipinski definition) is 6. The molecule has 3 aromatic rings. The van der Waals surface area contributed by atoms with Gasteiger partial charge in [0.25, 0.3) is 0 Å². The number of esters is 1. The molecule has 6 heteroatoms. The van der Waals surface area contributed by atoms with Crippen molar-refractivity contribution < 1.29 is 28.2 Å². The Morgan fingerprint density at radius 3 is 2.81 bits per heavy atom. The predicted octanol–water partition coefficient (Wildman–Crippen LogP) is 4.23. The normalized spacial score (nSPS) is 12.4. The summed E-state index contributed by atoms with van der Waals surface area (Å²) < 4.78 is 27.2. The number of ether oxygens (including phenoxy) is 4. The molecule has 2 heterocycles. The molecule has 1 aliphatic rings. The van der Waals surface area contributed by atoms with Crippen LogP contribution in [0.3, 0.4) is 0 Å². The van der Waals surface area contributed by atoms with E-state index in [1.807, 2.05) is 32.0 Å². The van der Waals surface area contributed by atoms with Crippen LogP contribution in [0.25, 0.3) is 11.0 Å². The van der Waals surface area contributed by atoms with Gasteiger partial charge < -0.3 is 23.4 Å². The van der Waals surface area contributed by atoms with E-state index in [9.17, 15) is 4.79 Å². The number of carbonyl (C=O) groups is 1. The lowest BCUT2D eigenvalue weighted by molar-refractivity contribution is 0.0437. The van der Waals surface area contributed by atoms with E-state index < -0.39 is 5.97 Å². The minimum absolute atomic E-state index is 0.121. The van der Waals surface area contributed by atoms with Crippen LogP contribution in [0.4, 0.5) is 0 Å². The van der Waals surface area contributed by atoms with Crippen molar-refractivity contribution in [3.8, 4) is 17.2 Å². The predicted molar refractivity (Wildman–Crippen MR) is 93.8 cm³/mol. The lowest BCUT2D eigenvalue weighted by Crippen LogP contribution is -2.05. The fourth-order valence-electron chi connectivity index (χ4n) is 2.90. The maximum atomic E-state index is 12.4. The third kappa shape index (κ3) is 2.94. The Hall–Kier alpha value is -3.15. The third-order valence-electron chi connectivity index (χ3n) is 4.21. The molecule has 4 rings (SSSR count). The quantitative estimate of drug-likeness (QED) is 0.639. The van der Waals surface area contributed by atoms with Gasteiger partial charge in [0.15, 0.2) is 11.5 Å². The van der Waals surface area contributed by atoms with Gasteiger partial charge in [0.2, 0.25) is 12.6 Å². The molecule has 0 aliphatic carbocycles. The Kier molecular flexibility index (Phi) is 4.16. The van der Waals surface area contributed by atoms with Crippen LogP contribution in [0.5, 0.6) is 17.2 Å². The third-order valence-corrected chi connectivity index (χ3v) is 4.21. The van der Waals surface area contributed by atoms with Crippen molar-refractivity contribution in [1.29, 1.82) is 0 Å². The van der Waals surface area contributed by atoms with Crippen LogP contribution in [0.15, 0.2) is 40.8 Å². The van der Waals surface area contributed by atoms with Crippen LogP contribution in [0.2, 0.25) is 0 Å². The lowest BCUT2D eigenvalue weighted by atomic mass is 10.1. The zero-order valence-electron chi connectivity index (χ0n) is 14.5. The monoisotopic (exact) mass is 354 g/mol. The molecule has 0 saturated heterocycles. The first kappa shape index (κ1) is 16.3. The zero-order valence-corrected chi connectivity index (χ0v) is 14.5. The molecular formula is C20H18O6. The fraction of sp³-hybridized carbons (Fsp3) is 0.250. The Morgan fingerprint density at radius 2 is 1.96 bits per heavy atom. The number of rotatable bonds is 5. The number of aryl methyl sites for hydroxylation is 1. The molecule has 26 heavy (non-hydrogen) atoms. The Balaban J connectivity index is 1.51. The van der Waals surface area contributed by atoms with E-state index in [0.717, 1.165) is 22.3 Å². The maximum absolute atomic E-state index is 12.4. The highest BCUT2D eigenvalue weighted by Gasteiger charge is 2.20.